The molecule has 0 aromatic rings. The number of rotatable bonds is 18. The lowest BCUT2D eigenvalue weighted by molar-refractivity contribution is -0.121. The van der Waals surface area contributed by atoms with Crippen molar-refractivity contribution in [3.63, 3.8) is 0 Å². The minimum Gasteiger partial charge on any atom is -0.355 e. The smallest absolute Gasteiger partial charge is 0.220 e. The van der Waals surface area contributed by atoms with Crippen molar-refractivity contribution in [1.82, 2.24) is 5.32 Å². The van der Waals surface area contributed by atoms with Crippen LogP contribution in [0, 0.1) is 0 Å². The van der Waals surface area contributed by atoms with Crippen LogP contribution < -0.4 is 5.32 Å². The van der Waals surface area contributed by atoms with Crippen LogP contribution >= 0.6 is 21.6 Å². The van der Waals surface area contributed by atoms with E-state index in [0.717, 1.165) is 57.2 Å². The maximum absolute atomic E-state index is 11.7. The first-order valence-corrected chi connectivity index (χ1v) is 13.3. The van der Waals surface area contributed by atoms with Crippen molar-refractivity contribution < 1.29 is 4.79 Å². The molecule has 0 aliphatic rings. The van der Waals surface area contributed by atoms with Gasteiger partial charge in [-0.05, 0) is 44.9 Å². The lowest BCUT2D eigenvalue weighted by atomic mass is 10.2. The van der Waals surface area contributed by atoms with Crippen LogP contribution in [0.3, 0.4) is 0 Å². The Morgan fingerprint density at radius 3 is 1.86 bits per heavy atom. The molecule has 0 aliphatic carbocycles. The molecule has 0 fully saturated rings. The van der Waals surface area contributed by atoms with Gasteiger partial charge in [-0.15, -0.1) is 0 Å². The third-order valence-electron chi connectivity index (χ3n) is 3.70. The number of hydrogen-bond donors (Lipinski definition) is 1. The number of nitrogens with one attached hydrogen (secondary N) is 1. The van der Waals surface area contributed by atoms with Gasteiger partial charge in [0.15, 0.2) is 0 Å². The van der Waals surface area contributed by atoms with Crippen LogP contribution in [-0.4, -0.2) is 23.5 Å². The fourth-order valence-corrected chi connectivity index (χ4v) is 4.16. The molecule has 29 heavy (non-hydrogen) atoms. The Kier molecular flexibility index (Phi) is 22.2. The number of amides is 1. The van der Waals surface area contributed by atoms with E-state index < -0.39 is 0 Å². The Morgan fingerprint density at radius 2 is 1.34 bits per heavy atom. The molecule has 1 N–H and O–H groups in total. The molecule has 0 aliphatic heterocycles. The first-order chi connectivity index (χ1) is 14.2. The molecule has 2 nitrogen and oxygen atoms in total. The van der Waals surface area contributed by atoms with Gasteiger partial charge < -0.3 is 5.32 Å². The molecule has 0 rings (SSSR count). The van der Waals surface area contributed by atoms with Crippen molar-refractivity contribution in [2.45, 2.75) is 77.4 Å². The van der Waals surface area contributed by atoms with E-state index in [9.17, 15) is 4.79 Å². The minimum atomic E-state index is 0.174. The highest BCUT2D eigenvalue weighted by molar-refractivity contribution is 8.76. The Morgan fingerprint density at radius 1 is 0.828 bits per heavy atom. The van der Waals surface area contributed by atoms with Crippen molar-refractivity contribution in [2.24, 2.45) is 0 Å². The second kappa shape index (κ2) is 23.2. The van der Waals surface area contributed by atoms with Crippen LogP contribution in [0.25, 0.3) is 0 Å². The van der Waals surface area contributed by atoms with Gasteiger partial charge in [-0.1, -0.05) is 103 Å². The van der Waals surface area contributed by atoms with E-state index in [4.69, 9.17) is 0 Å². The summed E-state index contributed by atoms with van der Waals surface area (Å²) in [5.74, 6) is 1.15. The first-order valence-electron chi connectivity index (χ1n) is 11.0. The minimum absolute atomic E-state index is 0.174. The van der Waals surface area contributed by atoms with E-state index in [0.29, 0.717) is 11.7 Å². The zero-order valence-corrected chi connectivity index (χ0v) is 20.3. The number of carbonyl (C=O) groups excluding carboxylic acids is 1. The normalized spacial score (nSPS) is 12.7. The predicted octanol–water partition coefficient (Wildman–Crippen LogP) is 7.81. The van der Waals surface area contributed by atoms with E-state index in [-0.39, 0.29) is 5.91 Å². The zero-order valence-electron chi connectivity index (χ0n) is 18.6. The molecule has 0 unspecified atom stereocenters. The summed E-state index contributed by atoms with van der Waals surface area (Å²) in [6.07, 6.45) is 29.7. The van der Waals surface area contributed by atoms with Gasteiger partial charge in [0.05, 0.1) is 0 Å². The largest absolute Gasteiger partial charge is 0.355 e. The van der Waals surface area contributed by atoms with Crippen LogP contribution in [0.4, 0.5) is 0 Å². The van der Waals surface area contributed by atoms with E-state index in [1.165, 1.54) is 0 Å². The number of carbonyl (C=O) groups is 1. The molecule has 0 bridgehead atoms. The lowest BCUT2D eigenvalue weighted by Gasteiger charge is -2.05. The van der Waals surface area contributed by atoms with E-state index in [2.05, 4.69) is 86.8 Å². The summed E-state index contributed by atoms with van der Waals surface area (Å²) in [6.45, 7) is 7.30. The van der Waals surface area contributed by atoms with Crippen molar-refractivity contribution in [2.75, 3.05) is 12.3 Å². The van der Waals surface area contributed by atoms with Gasteiger partial charge in [0.2, 0.25) is 5.91 Å². The van der Waals surface area contributed by atoms with Crippen molar-refractivity contribution in [1.29, 1.82) is 0 Å². The average molecular weight is 436 g/mol. The molecule has 164 valence electrons. The van der Waals surface area contributed by atoms with Crippen molar-refractivity contribution >= 4 is 27.5 Å². The monoisotopic (exact) mass is 435 g/mol. The van der Waals surface area contributed by atoms with Crippen LogP contribution in [0.15, 0.2) is 60.8 Å². The second-order valence-electron chi connectivity index (χ2n) is 6.92. The summed E-state index contributed by atoms with van der Waals surface area (Å²) >= 11 is 0. The fraction of sp³-hybridized carbons (Fsp3) is 0.560. The Labute approximate surface area is 187 Å². The number of hydrogen-bond acceptors (Lipinski definition) is 3. The summed E-state index contributed by atoms with van der Waals surface area (Å²) in [7, 11) is 3.70. The highest BCUT2D eigenvalue weighted by Crippen LogP contribution is 2.25. The summed E-state index contributed by atoms with van der Waals surface area (Å²) in [6, 6.07) is 0. The summed E-state index contributed by atoms with van der Waals surface area (Å²) in [5, 5.41) is 3.63. The maximum Gasteiger partial charge on any atom is 0.220 e. The van der Waals surface area contributed by atoms with E-state index in [1.54, 1.807) is 0 Å². The standard InChI is InChI=1S/C25H41NOS2/c1-4-5-6-7-8-9-10-11-12-13-14-15-16-17-18-19-20-21-25(27)26-22-23-28-29-24(2)3/h5-6,8-9,11-12,14-15,17-18,24H,4,7,10,13,16,19-23H2,1-3H3,(H,26,27)/b6-5-,9-8-,12-11-,15-14-,18-17-. The van der Waals surface area contributed by atoms with Crippen molar-refractivity contribution in [3.05, 3.63) is 60.8 Å². The van der Waals surface area contributed by atoms with Crippen LogP contribution in [0.2, 0.25) is 0 Å². The second-order valence-corrected chi connectivity index (χ2v) is 9.98. The molecule has 4 heteroatoms. The van der Waals surface area contributed by atoms with Gasteiger partial charge in [0.25, 0.3) is 0 Å². The number of allylic oxidation sites excluding steroid dienone is 10. The Hall–Kier alpha value is -1.13. The summed E-state index contributed by atoms with van der Waals surface area (Å²) < 4.78 is 0. The third kappa shape index (κ3) is 24.8. The van der Waals surface area contributed by atoms with Gasteiger partial charge in [0.1, 0.15) is 0 Å². The first kappa shape index (κ1) is 27.9. The summed E-state index contributed by atoms with van der Waals surface area (Å²) in [4.78, 5) is 11.7. The predicted molar refractivity (Wildman–Crippen MR) is 137 cm³/mol. The van der Waals surface area contributed by atoms with Gasteiger partial charge >= 0.3 is 0 Å². The fourth-order valence-electron chi connectivity index (χ4n) is 2.25. The molecule has 0 atom stereocenters. The lowest BCUT2D eigenvalue weighted by Crippen LogP contribution is -2.25. The molecule has 0 saturated heterocycles. The molecule has 0 aromatic heterocycles. The molecular weight excluding hydrogens is 394 g/mol. The van der Waals surface area contributed by atoms with Crippen LogP contribution in [-0.2, 0) is 4.79 Å². The topological polar surface area (TPSA) is 29.1 Å². The SMILES string of the molecule is CC/C=C\C/C=C\C/C=C\C/C=C\C/C=C\CCCC(=O)NCCSSC(C)C. The van der Waals surface area contributed by atoms with Gasteiger partial charge in [0, 0.05) is 24.0 Å². The number of unbranched alkanes of at least 4 members (excludes halogenated alkanes) is 1. The molecule has 0 spiro atoms. The molecule has 0 heterocycles. The highest BCUT2D eigenvalue weighted by Gasteiger charge is 2.00. The molecule has 1 amide bonds. The average Bonchev–Trinajstić information content (AvgIpc) is 2.69. The molecule has 0 radical (unpaired) electrons. The highest BCUT2D eigenvalue weighted by atomic mass is 33.1. The quantitative estimate of drug-likeness (QED) is 0.135. The Balaban J connectivity index is 3.49. The third-order valence-corrected chi connectivity index (χ3v) is 6.66. The molecular formula is C25H41NOS2. The molecule has 0 saturated carbocycles. The zero-order chi connectivity index (χ0) is 21.4. The molecule has 0 aromatic carbocycles. The van der Waals surface area contributed by atoms with Gasteiger partial charge in [-0.25, -0.2) is 0 Å². The van der Waals surface area contributed by atoms with Gasteiger partial charge in [-0.3, -0.25) is 4.79 Å². The van der Waals surface area contributed by atoms with Gasteiger partial charge in [-0.2, -0.15) is 0 Å². The summed E-state index contributed by atoms with van der Waals surface area (Å²) in [5.41, 5.74) is 0. The maximum atomic E-state index is 11.7. The van der Waals surface area contributed by atoms with Crippen LogP contribution in [0.1, 0.15) is 72.1 Å². The van der Waals surface area contributed by atoms with E-state index in [1.807, 2.05) is 21.6 Å². The van der Waals surface area contributed by atoms with Crippen molar-refractivity contribution in [3.8, 4) is 0 Å². The van der Waals surface area contributed by atoms with Crippen LogP contribution in [0.5, 0.6) is 0 Å². The Bertz CT molecular complexity index is 519. The van der Waals surface area contributed by atoms with E-state index >= 15 is 0 Å².